The molecule has 0 atom stereocenters. The zero-order valence-corrected chi connectivity index (χ0v) is 4.50. The fraction of sp³-hybridized carbons (Fsp3) is 1.00. The standard InChI is InChI=1S/C2F7NO/c3-1(4,10(7)8)2(5,6)11-9. The molecule has 0 spiro atoms. The minimum absolute atomic E-state index is 1.36. The number of alkyl halides is 4. The SMILES string of the molecule is FOC(F)(F)C(F)(F)N(F)F. The normalized spacial score (nSPS) is 14.2. The van der Waals surface area contributed by atoms with E-state index < -0.39 is 17.5 Å². The Morgan fingerprint density at radius 1 is 1.00 bits per heavy atom. The van der Waals surface area contributed by atoms with Crippen LogP contribution in [0.3, 0.4) is 0 Å². The number of hydrogen-bond donors (Lipinski definition) is 0. The second-order valence-corrected chi connectivity index (χ2v) is 1.37. The van der Waals surface area contributed by atoms with Crippen molar-refractivity contribution in [2.45, 2.75) is 12.2 Å². The van der Waals surface area contributed by atoms with E-state index >= 15 is 0 Å². The summed E-state index contributed by atoms with van der Waals surface area (Å²) in [6, 6.07) is -5.98. The number of rotatable bonds is 3. The van der Waals surface area contributed by atoms with Crippen LogP contribution in [0.25, 0.3) is 0 Å². The Bertz CT molecular complexity index is 134. The zero-order valence-electron chi connectivity index (χ0n) is 4.50. The molecule has 0 saturated carbocycles. The average molecular weight is 187 g/mol. The first-order valence-corrected chi connectivity index (χ1v) is 1.93. The van der Waals surface area contributed by atoms with Gasteiger partial charge in [-0.1, -0.05) is 8.96 Å². The van der Waals surface area contributed by atoms with Crippen molar-refractivity contribution in [3.05, 3.63) is 0 Å². The Balaban J connectivity index is 4.53. The Hall–Kier alpha value is -0.570. The van der Waals surface area contributed by atoms with Crippen LogP contribution in [-0.2, 0) is 4.94 Å². The van der Waals surface area contributed by atoms with Crippen LogP contribution in [-0.4, -0.2) is 17.5 Å². The van der Waals surface area contributed by atoms with Crippen LogP contribution in [0.2, 0.25) is 0 Å². The molecule has 0 aliphatic rings. The number of hydrogen-bond acceptors (Lipinski definition) is 2. The molecule has 9 heteroatoms. The first-order valence-electron chi connectivity index (χ1n) is 1.93. The molecule has 0 heterocycles. The minimum Gasteiger partial charge on any atom is -0.173 e. The van der Waals surface area contributed by atoms with Gasteiger partial charge in [-0.3, -0.25) is 0 Å². The second kappa shape index (κ2) is 2.81. The van der Waals surface area contributed by atoms with Crippen molar-refractivity contribution in [3.63, 3.8) is 0 Å². The fourth-order valence-corrected chi connectivity index (χ4v) is 0.145. The van der Waals surface area contributed by atoms with Gasteiger partial charge < -0.3 is 0 Å². The molecule has 0 fully saturated rings. The molecule has 0 rings (SSSR count). The molecule has 0 radical (unpaired) electrons. The van der Waals surface area contributed by atoms with Gasteiger partial charge >= 0.3 is 12.2 Å². The predicted octanol–water partition coefficient (Wildman–Crippen LogP) is 2.14. The Kier molecular flexibility index (Phi) is 2.67. The van der Waals surface area contributed by atoms with Gasteiger partial charge in [-0.25, -0.2) is 0 Å². The van der Waals surface area contributed by atoms with Gasteiger partial charge in [0.2, 0.25) is 0 Å². The van der Waals surface area contributed by atoms with Crippen LogP contribution in [0.15, 0.2) is 0 Å². The van der Waals surface area contributed by atoms with E-state index in [1.807, 2.05) is 0 Å². The number of nitrogens with zero attached hydrogens (tertiary/aromatic N) is 1. The molecule has 2 nitrogen and oxygen atoms in total. The molecule has 0 aromatic rings. The van der Waals surface area contributed by atoms with E-state index in [0.29, 0.717) is 0 Å². The molecule has 0 aliphatic heterocycles. The lowest BCUT2D eigenvalue weighted by Gasteiger charge is -2.20. The average Bonchev–Trinajstić information content (AvgIpc) is 1.87. The molecular formula is C2F7NO. The lowest BCUT2D eigenvalue weighted by Crippen LogP contribution is -2.48. The maximum absolute atomic E-state index is 11.4. The molecule has 0 N–H and O–H groups in total. The first-order chi connectivity index (χ1) is 4.75. The highest BCUT2D eigenvalue weighted by atomic mass is 19.4. The Morgan fingerprint density at radius 2 is 1.36 bits per heavy atom. The smallest absolute Gasteiger partial charge is 0.173 e. The Morgan fingerprint density at radius 3 is 1.45 bits per heavy atom. The van der Waals surface area contributed by atoms with E-state index in [9.17, 15) is 31.1 Å². The molecule has 11 heavy (non-hydrogen) atoms. The summed E-state index contributed by atoms with van der Waals surface area (Å²) in [6.45, 7) is 0. The summed E-state index contributed by atoms with van der Waals surface area (Å²) < 4.78 is 77.6. The van der Waals surface area contributed by atoms with Crippen LogP contribution in [0, 0.1) is 0 Å². The molecule has 68 valence electrons. The van der Waals surface area contributed by atoms with E-state index in [2.05, 4.69) is 0 Å². The predicted molar refractivity (Wildman–Crippen MR) is 16.1 cm³/mol. The summed E-state index contributed by atoms with van der Waals surface area (Å²) in [5.41, 5.74) is 0. The highest BCUT2D eigenvalue weighted by molar-refractivity contribution is 4.67. The lowest BCUT2D eigenvalue weighted by atomic mass is 10.5. The largest absolute Gasteiger partial charge is 0.469 e. The highest BCUT2D eigenvalue weighted by Gasteiger charge is 2.66. The van der Waals surface area contributed by atoms with Crippen molar-refractivity contribution in [2.24, 2.45) is 0 Å². The van der Waals surface area contributed by atoms with Crippen molar-refractivity contribution in [2.75, 3.05) is 0 Å². The van der Waals surface area contributed by atoms with Crippen molar-refractivity contribution >= 4 is 0 Å². The van der Waals surface area contributed by atoms with Gasteiger partial charge in [-0.15, -0.1) is 4.94 Å². The van der Waals surface area contributed by atoms with Gasteiger partial charge in [0.25, 0.3) is 0 Å². The third-order valence-corrected chi connectivity index (χ3v) is 0.659. The lowest BCUT2D eigenvalue weighted by molar-refractivity contribution is -0.496. The van der Waals surface area contributed by atoms with Gasteiger partial charge in [0.1, 0.15) is 5.34 Å². The Labute approximate surface area is 54.9 Å². The van der Waals surface area contributed by atoms with Crippen LogP contribution < -0.4 is 0 Å². The van der Waals surface area contributed by atoms with E-state index in [-0.39, 0.29) is 0 Å². The summed E-state index contributed by atoms with van der Waals surface area (Å²) in [5, 5.41) is -3.15. The van der Waals surface area contributed by atoms with Crippen LogP contribution >= 0.6 is 0 Å². The van der Waals surface area contributed by atoms with Crippen molar-refractivity contribution in [1.82, 2.24) is 5.34 Å². The number of halogens is 7. The van der Waals surface area contributed by atoms with Gasteiger partial charge in [-0.2, -0.15) is 17.6 Å². The van der Waals surface area contributed by atoms with Gasteiger partial charge in [-0.05, 0) is 4.53 Å². The topological polar surface area (TPSA) is 12.5 Å². The summed E-state index contributed by atoms with van der Waals surface area (Å²) in [7, 11) is 0. The van der Waals surface area contributed by atoms with Crippen LogP contribution in [0.5, 0.6) is 0 Å². The van der Waals surface area contributed by atoms with Crippen molar-refractivity contribution in [3.8, 4) is 0 Å². The third-order valence-electron chi connectivity index (χ3n) is 0.659. The van der Waals surface area contributed by atoms with E-state index in [1.165, 1.54) is 4.94 Å². The van der Waals surface area contributed by atoms with Crippen molar-refractivity contribution in [1.29, 1.82) is 0 Å². The highest BCUT2D eigenvalue weighted by Crippen LogP contribution is 2.38. The molecule has 0 aromatic heterocycles. The van der Waals surface area contributed by atoms with Gasteiger partial charge in [0.15, 0.2) is 0 Å². The molecule has 0 amide bonds. The molecule has 0 saturated heterocycles. The summed E-state index contributed by atoms with van der Waals surface area (Å²) in [6.07, 6.45) is -5.86. The summed E-state index contributed by atoms with van der Waals surface area (Å²) >= 11 is 0. The third kappa shape index (κ3) is 1.71. The maximum Gasteiger partial charge on any atom is 0.469 e. The van der Waals surface area contributed by atoms with Crippen LogP contribution in [0.4, 0.5) is 31.1 Å². The molecule has 0 aliphatic carbocycles. The zero-order chi connectivity index (χ0) is 9.28. The summed E-state index contributed by atoms with van der Waals surface area (Å²) in [4.78, 5) is 1.36. The molecular weight excluding hydrogens is 187 g/mol. The monoisotopic (exact) mass is 187 g/mol. The van der Waals surface area contributed by atoms with E-state index in [1.54, 1.807) is 0 Å². The van der Waals surface area contributed by atoms with E-state index in [4.69, 9.17) is 0 Å². The molecule has 0 aromatic carbocycles. The van der Waals surface area contributed by atoms with Gasteiger partial charge in [0, 0.05) is 0 Å². The van der Waals surface area contributed by atoms with Crippen molar-refractivity contribution < 1.29 is 36.0 Å². The maximum atomic E-state index is 11.4. The van der Waals surface area contributed by atoms with E-state index in [0.717, 1.165) is 0 Å². The second-order valence-electron chi connectivity index (χ2n) is 1.37. The molecule has 0 bridgehead atoms. The molecule has 0 unspecified atom stereocenters. The van der Waals surface area contributed by atoms with Crippen LogP contribution in [0.1, 0.15) is 0 Å². The summed E-state index contributed by atoms with van der Waals surface area (Å²) in [5.74, 6) is 0. The van der Waals surface area contributed by atoms with Gasteiger partial charge in [0.05, 0.1) is 0 Å². The fourth-order valence-electron chi connectivity index (χ4n) is 0.145. The minimum atomic E-state index is -5.98. The quantitative estimate of drug-likeness (QED) is 0.381. The first kappa shape index (κ1) is 10.4.